The van der Waals surface area contributed by atoms with E-state index in [9.17, 15) is 0 Å². The third-order valence-corrected chi connectivity index (χ3v) is 5.33. The van der Waals surface area contributed by atoms with Gasteiger partial charge in [-0.05, 0) is 68.6 Å². The molecule has 2 aliphatic rings. The molecule has 2 aliphatic carbocycles. The first-order valence-corrected chi connectivity index (χ1v) is 7.42. The molecule has 2 nitrogen and oxygen atoms in total. The Morgan fingerprint density at radius 3 is 1.35 bits per heavy atom. The van der Waals surface area contributed by atoms with Crippen molar-refractivity contribution in [3.63, 3.8) is 0 Å². The summed E-state index contributed by atoms with van der Waals surface area (Å²) < 4.78 is 0. The first-order valence-electron chi connectivity index (χ1n) is 7.42. The zero-order chi connectivity index (χ0) is 12.5. The molecule has 100 valence electrons. The van der Waals surface area contributed by atoms with Crippen LogP contribution in [0, 0.1) is 10.8 Å². The minimum Gasteiger partial charge on any atom is -0.328 e. The molecule has 0 spiro atoms. The fourth-order valence-corrected chi connectivity index (χ4v) is 4.06. The molecule has 0 aromatic heterocycles. The van der Waals surface area contributed by atoms with Gasteiger partial charge in [-0.25, -0.2) is 0 Å². The lowest BCUT2D eigenvalue weighted by Crippen LogP contribution is -2.39. The van der Waals surface area contributed by atoms with Crippen LogP contribution in [0.25, 0.3) is 0 Å². The first kappa shape index (κ1) is 13.4. The van der Waals surface area contributed by atoms with Crippen molar-refractivity contribution in [3.8, 4) is 0 Å². The van der Waals surface area contributed by atoms with Crippen LogP contribution in [0.5, 0.6) is 0 Å². The fourth-order valence-electron chi connectivity index (χ4n) is 4.06. The Morgan fingerprint density at radius 1 is 0.765 bits per heavy atom. The van der Waals surface area contributed by atoms with Crippen molar-refractivity contribution in [3.05, 3.63) is 0 Å². The van der Waals surface area contributed by atoms with E-state index < -0.39 is 0 Å². The molecule has 0 bridgehead atoms. The van der Waals surface area contributed by atoms with Crippen LogP contribution in [-0.2, 0) is 0 Å². The Kier molecular flexibility index (Phi) is 3.84. The van der Waals surface area contributed by atoms with Gasteiger partial charge in [0, 0.05) is 12.1 Å². The maximum absolute atomic E-state index is 6.02. The molecule has 0 amide bonds. The summed E-state index contributed by atoms with van der Waals surface area (Å²) in [4.78, 5) is 0. The number of rotatable bonds is 2. The maximum atomic E-state index is 6.02. The molecule has 2 fully saturated rings. The van der Waals surface area contributed by atoms with Crippen LogP contribution in [0.1, 0.15) is 71.6 Å². The molecule has 0 aromatic carbocycles. The maximum Gasteiger partial charge on any atom is 0.00392 e. The Labute approximate surface area is 107 Å². The summed E-state index contributed by atoms with van der Waals surface area (Å²) in [5.41, 5.74) is 13.1. The molecule has 17 heavy (non-hydrogen) atoms. The summed E-state index contributed by atoms with van der Waals surface area (Å²) in [5, 5.41) is 0. The predicted octanol–water partition coefficient (Wildman–Crippen LogP) is 3.19. The van der Waals surface area contributed by atoms with Crippen molar-refractivity contribution in [2.45, 2.75) is 83.7 Å². The fraction of sp³-hybridized carbons (Fsp3) is 1.00. The number of hydrogen-bond acceptors (Lipinski definition) is 2. The quantitative estimate of drug-likeness (QED) is 0.776. The van der Waals surface area contributed by atoms with Gasteiger partial charge < -0.3 is 11.5 Å². The van der Waals surface area contributed by atoms with Crippen molar-refractivity contribution < 1.29 is 0 Å². The molecule has 4 N–H and O–H groups in total. The molecule has 0 heterocycles. The highest BCUT2D eigenvalue weighted by Gasteiger charge is 2.39. The largest absolute Gasteiger partial charge is 0.328 e. The van der Waals surface area contributed by atoms with Crippen LogP contribution in [-0.4, -0.2) is 12.1 Å². The Hall–Kier alpha value is -0.0800. The van der Waals surface area contributed by atoms with Gasteiger partial charge in [0.25, 0.3) is 0 Å². The Morgan fingerprint density at radius 2 is 1.06 bits per heavy atom. The SMILES string of the molecule is CC1(CC2(C)CCC(N)CC2)CCC(N)CC1. The molecular weight excluding hydrogens is 208 g/mol. The van der Waals surface area contributed by atoms with E-state index in [2.05, 4.69) is 13.8 Å². The summed E-state index contributed by atoms with van der Waals surface area (Å²) in [6, 6.07) is 0.936. The van der Waals surface area contributed by atoms with E-state index in [0.717, 1.165) is 0 Å². The summed E-state index contributed by atoms with van der Waals surface area (Å²) in [6.45, 7) is 4.97. The Balaban J connectivity index is 1.91. The van der Waals surface area contributed by atoms with E-state index >= 15 is 0 Å². The van der Waals surface area contributed by atoms with E-state index in [-0.39, 0.29) is 0 Å². The zero-order valence-electron chi connectivity index (χ0n) is 11.7. The van der Waals surface area contributed by atoms with Crippen LogP contribution < -0.4 is 11.5 Å². The number of nitrogens with two attached hydrogens (primary N) is 2. The molecule has 2 heteroatoms. The lowest BCUT2D eigenvalue weighted by atomic mass is 9.61. The lowest BCUT2D eigenvalue weighted by molar-refractivity contribution is 0.0734. The molecule has 2 rings (SSSR count). The highest BCUT2D eigenvalue weighted by molar-refractivity contribution is 4.92. The lowest BCUT2D eigenvalue weighted by Gasteiger charge is -2.45. The van der Waals surface area contributed by atoms with E-state index in [0.29, 0.717) is 22.9 Å². The van der Waals surface area contributed by atoms with Gasteiger partial charge in [-0.15, -0.1) is 0 Å². The van der Waals surface area contributed by atoms with Crippen LogP contribution in [0.15, 0.2) is 0 Å². The predicted molar refractivity (Wildman–Crippen MR) is 73.7 cm³/mol. The molecule has 0 saturated heterocycles. The van der Waals surface area contributed by atoms with Crippen LogP contribution in [0.2, 0.25) is 0 Å². The average molecular weight is 238 g/mol. The molecule has 0 aliphatic heterocycles. The van der Waals surface area contributed by atoms with Gasteiger partial charge in [-0.1, -0.05) is 13.8 Å². The van der Waals surface area contributed by atoms with Crippen LogP contribution in [0.4, 0.5) is 0 Å². The normalized spacial score (nSPS) is 48.0. The standard InChI is InChI=1S/C15H30N2/c1-14(7-3-12(16)4-8-14)11-15(2)9-5-13(17)6-10-15/h12-13H,3-11,16-17H2,1-2H3. The van der Waals surface area contributed by atoms with Crippen molar-refractivity contribution in [2.24, 2.45) is 22.3 Å². The van der Waals surface area contributed by atoms with Crippen molar-refractivity contribution in [2.75, 3.05) is 0 Å². The topological polar surface area (TPSA) is 52.0 Å². The number of hydrogen-bond donors (Lipinski definition) is 2. The van der Waals surface area contributed by atoms with Crippen LogP contribution >= 0.6 is 0 Å². The highest BCUT2D eigenvalue weighted by atomic mass is 14.7. The van der Waals surface area contributed by atoms with Gasteiger partial charge in [-0.2, -0.15) is 0 Å². The molecule has 0 atom stereocenters. The molecule has 0 radical (unpaired) electrons. The third kappa shape index (κ3) is 3.45. The first-order chi connectivity index (χ1) is 7.91. The second kappa shape index (κ2) is 4.89. The summed E-state index contributed by atoms with van der Waals surface area (Å²) >= 11 is 0. The second-order valence-corrected chi connectivity index (χ2v) is 7.47. The molecule has 0 aromatic rings. The van der Waals surface area contributed by atoms with E-state index in [1.54, 1.807) is 0 Å². The van der Waals surface area contributed by atoms with Crippen molar-refractivity contribution in [1.82, 2.24) is 0 Å². The molecular formula is C15H30N2. The van der Waals surface area contributed by atoms with Gasteiger partial charge >= 0.3 is 0 Å². The molecule has 0 unspecified atom stereocenters. The van der Waals surface area contributed by atoms with Gasteiger partial charge in [0.05, 0.1) is 0 Å². The average Bonchev–Trinajstić information content (AvgIpc) is 2.28. The van der Waals surface area contributed by atoms with E-state index in [1.807, 2.05) is 0 Å². The Bertz CT molecular complexity index is 220. The van der Waals surface area contributed by atoms with E-state index in [4.69, 9.17) is 11.5 Å². The highest BCUT2D eigenvalue weighted by Crippen LogP contribution is 2.49. The zero-order valence-corrected chi connectivity index (χ0v) is 11.7. The summed E-state index contributed by atoms with van der Waals surface area (Å²) in [5.74, 6) is 0. The molecule has 2 saturated carbocycles. The van der Waals surface area contributed by atoms with Gasteiger partial charge in [0.1, 0.15) is 0 Å². The van der Waals surface area contributed by atoms with Gasteiger partial charge in [0.2, 0.25) is 0 Å². The van der Waals surface area contributed by atoms with Crippen molar-refractivity contribution >= 4 is 0 Å². The van der Waals surface area contributed by atoms with Gasteiger partial charge in [0.15, 0.2) is 0 Å². The third-order valence-electron chi connectivity index (χ3n) is 5.33. The second-order valence-electron chi connectivity index (χ2n) is 7.47. The van der Waals surface area contributed by atoms with Gasteiger partial charge in [-0.3, -0.25) is 0 Å². The summed E-state index contributed by atoms with van der Waals surface area (Å²) in [7, 11) is 0. The smallest absolute Gasteiger partial charge is 0.00392 e. The van der Waals surface area contributed by atoms with Crippen LogP contribution in [0.3, 0.4) is 0 Å². The van der Waals surface area contributed by atoms with Crippen molar-refractivity contribution in [1.29, 1.82) is 0 Å². The minimum atomic E-state index is 0.468. The monoisotopic (exact) mass is 238 g/mol. The van der Waals surface area contributed by atoms with E-state index in [1.165, 1.54) is 57.8 Å². The minimum absolute atomic E-state index is 0.468. The summed E-state index contributed by atoms with van der Waals surface area (Å²) in [6.07, 6.45) is 11.6.